The van der Waals surface area contributed by atoms with Gasteiger partial charge in [-0.3, -0.25) is 0 Å². The molecule has 0 radical (unpaired) electrons. The van der Waals surface area contributed by atoms with Crippen molar-refractivity contribution >= 4 is 0 Å². The highest BCUT2D eigenvalue weighted by atomic mass is 16.5. The van der Waals surface area contributed by atoms with Gasteiger partial charge in [0.05, 0.1) is 19.8 Å². The minimum atomic E-state index is 0.265. The van der Waals surface area contributed by atoms with Crippen LogP contribution in [0.2, 0.25) is 0 Å². The van der Waals surface area contributed by atoms with Crippen molar-refractivity contribution < 1.29 is 14.2 Å². The van der Waals surface area contributed by atoms with E-state index in [1.807, 2.05) is 0 Å². The van der Waals surface area contributed by atoms with Crippen molar-refractivity contribution in [2.75, 3.05) is 53.7 Å². The van der Waals surface area contributed by atoms with Crippen molar-refractivity contribution in [1.82, 2.24) is 5.32 Å². The molecule has 0 saturated heterocycles. The number of rotatable bonds is 11. The molecule has 0 saturated carbocycles. The smallest absolute Gasteiger partial charge is 0.0700 e. The van der Waals surface area contributed by atoms with Crippen molar-refractivity contribution in [3.05, 3.63) is 0 Å². The van der Waals surface area contributed by atoms with Crippen LogP contribution < -0.4 is 5.32 Å². The fraction of sp³-hybridized carbons (Fsp3) is 1.00. The molecule has 4 nitrogen and oxygen atoms in total. The van der Waals surface area contributed by atoms with Crippen LogP contribution >= 0.6 is 0 Å². The van der Waals surface area contributed by atoms with Crippen LogP contribution in [-0.2, 0) is 14.2 Å². The molecule has 0 aromatic heterocycles. The van der Waals surface area contributed by atoms with Gasteiger partial charge in [-0.15, -0.1) is 0 Å². The van der Waals surface area contributed by atoms with Gasteiger partial charge in [0.15, 0.2) is 0 Å². The summed E-state index contributed by atoms with van der Waals surface area (Å²) in [5.41, 5.74) is 0.265. The third-order valence-electron chi connectivity index (χ3n) is 2.44. The average molecular weight is 233 g/mol. The van der Waals surface area contributed by atoms with Crippen LogP contribution in [0.5, 0.6) is 0 Å². The van der Waals surface area contributed by atoms with Gasteiger partial charge in [-0.1, -0.05) is 13.8 Å². The lowest BCUT2D eigenvalue weighted by Gasteiger charge is -2.24. The number of hydrogen-bond acceptors (Lipinski definition) is 4. The quantitative estimate of drug-likeness (QED) is 0.546. The van der Waals surface area contributed by atoms with Gasteiger partial charge in [-0.2, -0.15) is 0 Å². The summed E-state index contributed by atoms with van der Waals surface area (Å²) in [7, 11) is 3.41. The molecule has 0 aliphatic carbocycles. The van der Waals surface area contributed by atoms with E-state index in [1.165, 1.54) is 0 Å². The first kappa shape index (κ1) is 15.8. The zero-order chi connectivity index (χ0) is 12.3. The van der Waals surface area contributed by atoms with E-state index in [1.54, 1.807) is 14.2 Å². The SMILES string of the molecule is COCCNCC(C)(C)CCOCCOC. The van der Waals surface area contributed by atoms with Crippen molar-refractivity contribution in [3.8, 4) is 0 Å². The summed E-state index contributed by atoms with van der Waals surface area (Å²) in [6.07, 6.45) is 1.05. The Bertz CT molecular complexity index is 151. The van der Waals surface area contributed by atoms with Crippen LogP contribution in [0.15, 0.2) is 0 Å². The first-order valence-electron chi connectivity index (χ1n) is 5.89. The van der Waals surface area contributed by atoms with Crippen LogP contribution in [0.4, 0.5) is 0 Å². The maximum absolute atomic E-state index is 5.46. The topological polar surface area (TPSA) is 39.7 Å². The monoisotopic (exact) mass is 233 g/mol. The summed E-state index contributed by atoms with van der Waals surface area (Å²) in [5, 5.41) is 3.37. The zero-order valence-corrected chi connectivity index (χ0v) is 11.2. The summed E-state index contributed by atoms with van der Waals surface area (Å²) in [6, 6.07) is 0. The molecule has 0 aromatic carbocycles. The fourth-order valence-electron chi connectivity index (χ4n) is 1.28. The molecular formula is C12H27NO3. The molecule has 0 heterocycles. The van der Waals surface area contributed by atoms with Crippen LogP contribution in [0.1, 0.15) is 20.3 Å². The van der Waals surface area contributed by atoms with Gasteiger partial charge in [-0.25, -0.2) is 0 Å². The molecule has 4 heteroatoms. The van der Waals surface area contributed by atoms with Gasteiger partial charge in [0, 0.05) is 33.9 Å². The van der Waals surface area contributed by atoms with E-state index in [0.29, 0.717) is 13.2 Å². The van der Waals surface area contributed by atoms with E-state index in [0.717, 1.165) is 32.7 Å². The highest BCUT2D eigenvalue weighted by molar-refractivity contribution is 4.71. The van der Waals surface area contributed by atoms with Crippen molar-refractivity contribution in [3.63, 3.8) is 0 Å². The minimum Gasteiger partial charge on any atom is -0.383 e. The standard InChI is InChI=1S/C12H27NO3/c1-12(2,11-13-6-8-14-3)5-7-16-10-9-15-4/h13H,5-11H2,1-4H3. The van der Waals surface area contributed by atoms with Crippen molar-refractivity contribution in [1.29, 1.82) is 0 Å². The van der Waals surface area contributed by atoms with E-state index in [-0.39, 0.29) is 5.41 Å². The molecule has 0 fully saturated rings. The largest absolute Gasteiger partial charge is 0.383 e. The highest BCUT2D eigenvalue weighted by Crippen LogP contribution is 2.18. The summed E-state index contributed by atoms with van der Waals surface area (Å²) < 4.78 is 15.4. The van der Waals surface area contributed by atoms with E-state index in [4.69, 9.17) is 14.2 Å². The second-order valence-corrected chi connectivity index (χ2v) is 4.69. The van der Waals surface area contributed by atoms with Crippen molar-refractivity contribution in [2.45, 2.75) is 20.3 Å². The lowest BCUT2D eigenvalue weighted by atomic mass is 9.90. The van der Waals surface area contributed by atoms with Crippen LogP contribution in [0, 0.1) is 5.41 Å². The Morgan fingerprint density at radius 1 is 0.938 bits per heavy atom. The second kappa shape index (κ2) is 10.0. The Morgan fingerprint density at radius 2 is 1.62 bits per heavy atom. The Balaban J connectivity index is 3.38. The summed E-state index contributed by atoms with van der Waals surface area (Å²) in [4.78, 5) is 0. The van der Waals surface area contributed by atoms with E-state index >= 15 is 0 Å². The van der Waals surface area contributed by atoms with Crippen molar-refractivity contribution in [2.24, 2.45) is 5.41 Å². The lowest BCUT2D eigenvalue weighted by molar-refractivity contribution is 0.0556. The lowest BCUT2D eigenvalue weighted by Crippen LogP contribution is -2.32. The predicted octanol–water partition coefficient (Wildman–Crippen LogP) is 1.30. The Labute approximate surface area is 99.6 Å². The minimum absolute atomic E-state index is 0.265. The van der Waals surface area contributed by atoms with Gasteiger partial charge in [0.25, 0.3) is 0 Å². The van der Waals surface area contributed by atoms with E-state index in [9.17, 15) is 0 Å². The van der Waals surface area contributed by atoms with Gasteiger partial charge < -0.3 is 19.5 Å². The normalized spacial score (nSPS) is 12.0. The van der Waals surface area contributed by atoms with Crippen LogP contribution in [0.3, 0.4) is 0 Å². The van der Waals surface area contributed by atoms with Crippen LogP contribution in [0.25, 0.3) is 0 Å². The Kier molecular flexibility index (Phi) is 9.92. The maximum Gasteiger partial charge on any atom is 0.0700 e. The number of nitrogens with one attached hydrogen (secondary N) is 1. The average Bonchev–Trinajstić information content (AvgIpc) is 2.24. The van der Waals surface area contributed by atoms with E-state index in [2.05, 4.69) is 19.2 Å². The zero-order valence-electron chi connectivity index (χ0n) is 11.2. The summed E-state index contributed by atoms with van der Waals surface area (Å²) in [6.45, 7) is 9.30. The molecule has 0 spiro atoms. The number of methoxy groups -OCH3 is 2. The first-order chi connectivity index (χ1) is 7.62. The van der Waals surface area contributed by atoms with Gasteiger partial charge in [0.1, 0.15) is 0 Å². The predicted molar refractivity (Wildman–Crippen MR) is 65.8 cm³/mol. The third-order valence-corrected chi connectivity index (χ3v) is 2.44. The summed E-state index contributed by atoms with van der Waals surface area (Å²) in [5.74, 6) is 0. The Morgan fingerprint density at radius 3 is 2.25 bits per heavy atom. The van der Waals surface area contributed by atoms with Crippen LogP contribution in [-0.4, -0.2) is 53.7 Å². The molecule has 0 aliphatic heterocycles. The molecule has 0 unspecified atom stereocenters. The molecular weight excluding hydrogens is 206 g/mol. The molecule has 98 valence electrons. The molecule has 0 aromatic rings. The number of ether oxygens (including phenoxy) is 3. The molecule has 1 N–H and O–H groups in total. The molecule has 0 bridgehead atoms. The third kappa shape index (κ3) is 10.4. The highest BCUT2D eigenvalue weighted by Gasteiger charge is 2.16. The second-order valence-electron chi connectivity index (χ2n) is 4.69. The molecule has 0 atom stereocenters. The molecule has 0 amide bonds. The van der Waals surface area contributed by atoms with Gasteiger partial charge >= 0.3 is 0 Å². The summed E-state index contributed by atoms with van der Waals surface area (Å²) >= 11 is 0. The molecule has 16 heavy (non-hydrogen) atoms. The van der Waals surface area contributed by atoms with E-state index < -0.39 is 0 Å². The maximum atomic E-state index is 5.46. The molecule has 0 rings (SSSR count). The first-order valence-corrected chi connectivity index (χ1v) is 5.89. The Hall–Kier alpha value is -0.160. The van der Waals surface area contributed by atoms with Gasteiger partial charge in [-0.05, 0) is 11.8 Å². The fourth-order valence-corrected chi connectivity index (χ4v) is 1.28. The number of hydrogen-bond donors (Lipinski definition) is 1. The molecule has 0 aliphatic rings. The van der Waals surface area contributed by atoms with Gasteiger partial charge in [0.2, 0.25) is 0 Å².